The number of hydrogen-bond acceptors (Lipinski definition) is 6. The molecule has 3 aromatic rings. The van der Waals surface area contributed by atoms with Crippen molar-refractivity contribution in [1.82, 2.24) is 25.1 Å². The van der Waals surface area contributed by atoms with E-state index in [2.05, 4.69) is 20.5 Å². The Kier molecular flexibility index (Phi) is 5.85. The molecule has 1 amide bonds. The molecule has 3 rings (SSSR count). The summed E-state index contributed by atoms with van der Waals surface area (Å²) in [7, 11) is 1.63. The van der Waals surface area contributed by atoms with Crippen LogP contribution in [0.3, 0.4) is 0 Å². The van der Waals surface area contributed by atoms with Crippen LogP contribution in [-0.4, -0.2) is 38.5 Å². The number of benzene rings is 1. The predicted molar refractivity (Wildman–Crippen MR) is 99.5 cm³/mol. The number of pyridine rings is 1. The third kappa shape index (κ3) is 4.40. The summed E-state index contributed by atoms with van der Waals surface area (Å²) in [5.74, 6) is 1.73. The van der Waals surface area contributed by atoms with Gasteiger partial charge in [-0.1, -0.05) is 17.8 Å². The zero-order valence-corrected chi connectivity index (χ0v) is 15.4. The van der Waals surface area contributed by atoms with Crippen molar-refractivity contribution in [3.8, 4) is 11.4 Å². The van der Waals surface area contributed by atoms with Gasteiger partial charge in [0, 0.05) is 24.6 Å². The van der Waals surface area contributed by atoms with E-state index in [4.69, 9.17) is 4.74 Å². The van der Waals surface area contributed by atoms with Gasteiger partial charge in [0.05, 0.1) is 12.9 Å². The normalized spacial score (nSPS) is 10.5. The summed E-state index contributed by atoms with van der Waals surface area (Å²) < 4.78 is 7.10. The summed E-state index contributed by atoms with van der Waals surface area (Å²) in [6.45, 7) is 2.33. The topological polar surface area (TPSA) is 81.9 Å². The van der Waals surface area contributed by atoms with Gasteiger partial charge in [-0.05, 0) is 42.8 Å². The van der Waals surface area contributed by atoms with Crippen molar-refractivity contribution in [2.24, 2.45) is 0 Å². The standard InChI is InChI=1S/C18H19N5O2S/c1-13-21-22-18(23(13)15-5-7-16(25-2)8-6-15)26-12-17(24)20-11-14-4-3-9-19-10-14/h3-10H,11-12H2,1-2H3,(H,20,24). The maximum atomic E-state index is 12.1. The van der Waals surface area contributed by atoms with Crippen LogP contribution in [0.4, 0.5) is 0 Å². The van der Waals surface area contributed by atoms with Crippen molar-refractivity contribution >= 4 is 17.7 Å². The number of ether oxygens (including phenoxy) is 1. The van der Waals surface area contributed by atoms with Crippen LogP contribution < -0.4 is 10.1 Å². The zero-order chi connectivity index (χ0) is 18.4. The summed E-state index contributed by atoms with van der Waals surface area (Å²) in [6.07, 6.45) is 3.44. The quantitative estimate of drug-likeness (QED) is 0.644. The Morgan fingerprint density at radius 1 is 1.23 bits per heavy atom. The van der Waals surface area contributed by atoms with Gasteiger partial charge >= 0.3 is 0 Å². The fourth-order valence-corrected chi connectivity index (χ4v) is 3.18. The molecule has 0 bridgehead atoms. The van der Waals surface area contributed by atoms with E-state index in [1.165, 1.54) is 11.8 Å². The van der Waals surface area contributed by atoms with Gasteiger partial charge < -0.3 is 10.1 Å². The van der Waals surface area contributed by atoms with Crippen LogP contribution in [0.2, 0.25) is 0 Å². The minimum atomic E-state index is -0.0687. The molecule has 2 aromatic heterocycles. The van der Waals surface area contributed by atoms with Crippen LogP contribution in [0.15, 0.2) is 53.9 Å². The number of hydrogen-bond donors (Lipinski definition) is 1. The summed E-state index contributed by atoms with van der Waals surface area (Å²) in [4.78, 5) is 16.1. The van der Waals surface area contributed by atoms with E-state index in [0.717, 1.165) is 22.8 Å². The zero-order valence-electron chi connectivity index (χ0n) is 14.5. The molecule has 134 valence electrons. The largest absolute Gasteiger partial charge is 0.497 e. The number of aromatic nitrogens is 4. The maximum absolute atomic E-state index is 12.1. The Labute approximate surface area is 155 Å². The highest BCUT2D eigenvalue weighted by Gasteiger charge is 2.13. The number of aryl methyl sites for hydroxylation is 1. The van der Waals surface area contributed by atoms with E-state index in [0.29, 0.717) is 11.7 Å². The predicted octanol–water partition coefficient (Wildman–Crippen LogP) is 2.39. The van der Waals surface area contributed by atoms with Crippen molar-refractivity contribution in [1.29, 1.82) is 0 Å². The number of amides is 1. The Morgan fingerprint density at radius 3 is 2.73 bits per heavy atom. The van der Waals surface area contributed by atoms with E-state index in [1.807, 2.05) is 47.9 Å². The Morgan fingerprint density at radius 2 is 2.04 bits per heavy atom. The molecule has 2 heterocycles. The monoisotopic (exact) mass is 369 g/mol. The summed E-state index contributed by atoms with van der Waals surface area (Å²) >= 11 is 1.35. The van der Waals surface area contributed by atoms with E-state index < -0.39 is 0 Å². The second kappa shape index (κ2) is 8.48. The molecule has 8 heteroatoms. The Balaban J connectivity index is 1.62. The lowest BCUT2D eigenvalue weighted by atomic mass is 10.3. The Hall–Kier alpha value is -2.87. The first-order chi connectivity index (χ1) is 12.7. The van der Waals surface area contributed by atoms with Crippen LogP contribution in [0.25, 0.3) is 5.69 Å². The van der Waals surface area contributed by atoms with Crippen LogP contribution in [-0.2, 0) is 11.3 Å². The van der Waals surface area contributed by atoms with Crippen molar-refractivity contribution in [2.75, 3.05) is 12.9 Å². The number of nitrogens with zero attached hydrogens (tertiary/aromatic N) is 4. The number of carbonyl (C=O) groups excluding carboxylic acids is 1. The van der Waals surface area contributed by atoms with Crippen LogP contribution in [0.5, 0.6) is 5.75 Å². The molecule has 26 heavy (non-hydrogen) atoms. The summed E-state index contributed by atoms with van der Waals surface area (Å²) in [6, 6.07) is 11.4. The van der Waals surface area contributed by atoms with Crippen LogP contribution in [0.1, 0.15) is 11.4 Å². The van der Waals surface area contributed by atoms with Gasteiger partial charge in [0.25, 0.3) is 0 Å². The fraction of sp³-hybridized carbons (Fsp3) is 0.222. The number of thioether (sulfide) groups is 1. The number of nitrogens with one attached hydrogen (secondary N) is 1. The third-order valence-electron chi connectivity index (χ3n) is 3.67. The molecular weight excluding hydrogens is 350 g/mol. The number of rotatable bonds is 7. The highest BCUT2D eigenvalue weighted by molar-refractivity contribution is 7.99. The Bertz CT molecular complexity index is 865. The molecule has 0 spiro atoms. The minimum Gasteiger partial charge on any atom is -0.497 e. The molecule has 0 saturated heterocycles. The lowest BCUT2D eigenvalue weighted by Gasteiger charge is -2.09. The molecule has 7 nitrogen and oxygen atoms in total. The van der Waals surface area contributed by atoms with Crippen molar-refractivity contribution in [2.45, 2.75) is 18.6 Å². The van der Waals surface area contributed by atoms with Crippen LogP contribution in [0, 0.1) is 6.92 Å². The molecule has 0 aliphatic rings. The van der Waals surface area contributed by atoms with Crippen molar-refractivity contribution in [3.05, 3.63) is 60.2 Å². The van der Waals surface area contributed by atoms with Crippen LogP contribution >= 0.6 is 11.8 Å². The lowest BCUT2D eigenvalue weighted by molar-refractivity contribution is -0.118. The van der Waals surface area contributed by atoms with Gasteiger partial charge in [0.15, 0.2) is 5.16 Å². The maximum Gasteiger partial charge on any atom is 0.230 e. The SMILES string of the molecule is COc1ccc(-n2c(C)nnc2SCC(=O)NCc2cccnc2)cc1. The average molecular weight is 369 g/mol. The molecule has 1 aromatic carbocycles. The first-order valence-electron chi connectivity index (χ1n) is 8.02. The molecule has 0 radical (unpaired) electrons. The van der Waals surface area contributed by atoms with E-state index >= 15 is 0 Å². The average Bonchev–Trinajstić information content (AvgIpc) is 3.06. The van der Waals surface area contributed by atoms with Gasteiger partial charge in [-0.3, -0.25) is 14.3 Å². The molecule has 0 unspecified atom stereocenters. The molecule has 0 fully saturated rings. The smallest absolute Gasteiger partial charge is 0.230 e. The molecule has 0 atom stereocenters. The molecule has 0 aliphatic carbocycles. The van der Waals surface area contributed by atoms with Crippen molar-refractivity contribution in [3.63, 3.8) is 0 Å². The minimum absolute atomic E-state index is 0.0687. The van der Waals surface area contributed by atoms with E-state index in [1.54, 1.807) is 19.5 Å². The van der Waals surface area contributed by atoms with Gasteiger partial charge in [-0.25, -0.2) is 0 Å². The van der Waals surface area contributed by atoms with E-state index in [9.17, 15) is 4.79 Å². The summed E-state index contributed by atoms with van der Waals surface area (Å²) in [5.41, 5.74) is 1.88. The van der Waals surface area contributed by atoms with E-state index in [-0.39, 0.29) is 11.7 Å². The molecular formula is C18H19N5O2S. The molecule has 0 saturated carbocycles. The second-order valence-electron chi connectivity index (χ2n) is 5.49. The number of carbonyl (C=O) groups is 1. The van der Waals surface area contributed by atoms with Gasteiger partial charge in [-0.2, -0.15) is 0 Å². The lowest BCUT2D eigenvalue weighted by Crippen LogP contribution is -2.24. The van der Waals surface area contributed by atoms with Gasteiger partial charge in [-0.15, -0.1) is 10.2 Å². The highest BCUT2D eigenvalue weighted by Crippen LogP contribution is 2.23. The second-order valence-corrected chi connectivity index (χ2v) is 6.43. The molecule has 1 N–H and O–H groups in total. The molecule has 0 aliphatic heterocycles. The number of methoxy groups -OCH3 is 1. The first kappa shape index (κ1) is 17.9. The van der Waals surface area contributed by atoms with Gasteiger partial charge in [0.2, 0.25) is 5.91 Å². The highest BCUT2D eigenvalue weighted by atomic mass is 32.2. The third-order valence-corrected chi connectivity index (χ3v) is 4.60. The van der Waals surface area contributed by atoms with Gasteiger partial charge in [0.1, 0.15) is 11.6 Å². The summed E-state index contributed by atoms with van der Waals surface area (Å²) in [5, 5.41) is 11.9. The fourth-order valence-electron chi connectivity index (χ4n) is 2.35. The van der Waals surface area contributed by atoms with Crippen molar-refractivity contribution < 1.29 is 9.53 Å². The first-order valence-corrected chi connectivity index (χ1v) is 9.01.